The summed E-state index contributed by atoms with van der Waals surface area (Å²) in [7, 11) is 0. The summed E-state index contributed by atoms with van der Waals surface area (Å²) in [6.07, 6.45) is 0. The summed E-state index contributed by atoms with van der Waals surface area (Å²) in [6.45, 7) is 6.86. The predicted molar refractivity (Wildman–Crippen MR) is 254 cm³/mol. The van der Waals surface area contributed by atoms with Gasteiger partial charge in [-0.15, -0.1) is 0 Å². The van der Waals surface area contributed by atoms with Crippen molar-refractivity contribution in [3.8, 4) is 27.9 Å². The molecule has 12 rings (SSSR count). The van der Waals surface area contributed by atoms with Crippen LogP contribution >= 0.6 is 0 Å². The van der Waals surface area contributed by atoms with Gasteiger partial charge >= 0.3 is 0 Å². The van der Waals surface area contributed by atoms with E-state index in [1.54, 1.807) is 0 Å². The lowest BCUT2D eigenvalue weighted by Crippen LogP contribution is -2.28. The lowest BCUT2D eigenvalue weighted by Gasteiger charge is -2.34. The van der Waals surface area contributed by atoms with Crippen molar-refractivity contribution < 1.29 is 0 Å². The Morgan fingerprint density at radius 2 is 0.672 bits per heavy atom. The largest absolute Gasteiger partial charge is 0.309 e. The third-order valence-electron chi connectivity index (χ3n) is 13.9. The Bertz CT molecular complexity index is 3040. The Hall–Kier alpha value is -7.22. The van der Waals surface area contributed by atoms with Crippen molar-refractivity contribution in [1.82, 2.24) is 4.57 Å². The summed E-state index contributed by atoms with van der Waals surface area (Å²) in [5, 5.41) is 2.49. The van der Waals surface area contributed by atoms with E-state index in [4.69, 9.17) is 0 Å². The van der Waals surface area contributed by atoms with E-state index in [0.717, 1.165) is 5.69 Å². The Balaban J connectivity index is 1.20. The molecule has 0 N–H and O–H groups in total. The highest BCUT2D eigenvalue weighted by atomic mass is 15.0. The third-order valence-corrected chi connectivity index (χ3v) is 13.9. The van der Waals surface area contributed by atoms with Crippen molar-refractivity contribution in [2.24, 2.45) is 0 Å². The zero-order valence-electron chi connectivity index (χ0n) is 34.7. The summed E-state index contributed by atoms with van der Waals surface area (Å²) >= 11 is 0. The minimum atomic E-state index is -0.502. The van der Waals surface area contributed by atoms with Crippen molar-refractivity contribution in [3.63, 3.8) is 0 Å². The first-order valence-corrected chi connectivity index (χ1v) is 21.6. The SMILES string of the molecule is CC(C)(C)c1ccc(-n2c3ccc(C4(c5ccccc5)c5ccccc5-c5ccccc54)cc3c3cc(C4(c5ccccc5)c5ccccc5-c5ccccc54)ccc32)cc1. The van der Waals surface area contributed by atoms with Gasteiger partial charge in [-0.2, -0.15) is 0 Å². The minimum Gasteiger partial charge on any atom is -0.309 e. The van der Waals surface area contributed by atoms with Gasteiger partial charge in [-0.25, -0.2) is 0 Å². The zero-order valence-corrected chi connectivity index (χ0v) is 34.7. The molecule has 10 aromatic rings. The molecule has 0 spiro atoms. The maximum absolute atomic E-state index is 2.53. The fourth-order valence-electron chi connectivity index (χ4n) is 11.3. The molecule has 1 nitrogen and oxygen atoms in total. The summed E-state index contributed by atoms with van der Waals surface area (Å²) in [5.74, 6) is 0. The molecule has 1 aromatic heterocycles. The average Bonchev–Trinajstić information content (AvgIpc) is 3.92. The van der Waals surface area contributed by atoms with E-state index in [0.29, 0.717) is 0 Å². The first-order chi connectivity index (χ1) is 29.9. The highest BCUT2D eigenvalue weighted by Gasteiger charge is 2.47. The molecule has 1 heterocycles. The number of benzene rings is 9. The first-order valence-electron chi connectivity index (χ1n) is 21.6. The molecule has 0 bridgehead atoms. The Kier molecular flexibility index (Phi) is 7.69. The van der Waals surface area contributed by atoms with Crippen LogP contribution in [0.1, 0.15) is 70.8 Å². The molecule has 1 heteroatoms. The van der Waals surface area contributed by atoms with Gasteiger partial charge in [-0.1, -0.05) is 203 Å². The predicted octanol–water partition coefficient (Wildman–Crippen LogP) is 14.8. The van der Waals surface area contributed by atoms with Gasteiger partial charge in [0.15, 0.2) is 0 Å². The number of nitrogens with zero attached hydrogens (tertiary/aromatic N) is 1. The smallest absolute Gasteiger partial charge is 0.0713 e. The molecule has 290 valence electrons. The molecule has 0 amide bonds. The van der Waals surface area contributed by atoms with Crippen LogP contribution in [0, 0.1) is 0 Å². The number of aromatic nitrogens is 1. The summed E-state index contributed by atoms with van der Waals surface area (Å²) in [6, 6.07) is 82.4. The number of fused-ring (bicyclic) bond motifs is 9. The van der Waals surface area contributed by atoms with Crippen LogP contribution in [-0.2, 0) is 16.2 Å². The quantitative estimate of drug-likeness (QED) is 0.164. The second kappa shape index (κ2) is 13.1. The van der Waals surface area contributed by atoms with Crippen LogP contribution in [0.25, 0.3) is 49.7 Å². The van der Waals surface area contributed by atoms with Crippen molar-refractivity contribution in [1.29, 1.82) is 0 Å². The fourth-order valence-corrected chi connectivity index (χ4v) is 11.3. The summed E-state index contributed by atoms with van der Waals surface area (Å²) in [5.41, 5.74) is 19.5. The monoisotopic (exact) mass is 779 g/mol. The summed E-state index contributed by atoms with van der Waals surface area (Å²) < 4.78 is 2.49. The fraction of sp³-hybridized carbons (Fsp3) is 0.100. The molecule has 2 aliphatic carbocycles. The van der Waals surface area contributed by atoms with E-state index in [1.807, 2.05) is 0 Å². The van der Waals surface area contributed by atoms with E-state index in [1.165, 1.54) is 94.1 Å². The highest BCUT2D eigenvalue weighted by molar-refractivity contribution is 6.10. The maximum Gasteiger partial charge on any atom is 0.0713 e. The lowest BCUT2D eigenvalue weighted by molar-refractivity contribution is 0.590. The highest BCUT2D eigenvalue weighted by Crippen LogP contribution is 2.58. The standard InChI is InChI=1S/C60H45N/c1-58(2,3)40-30-34-45(35-31-40)61-56-36-32-43(59(41-18-6-4-7-19-41)52-26-14-10-22-46(52)47-23-11-15-27-53(47)59)38-50(56)51-39-44(33-37-57(51)61)60(42-20-8-5-9-21-42)54-28-16-12-24-48(54)49-25-13-17-29-55(49)60/h4-39H,1-3H3. The van der Waals surface area contributed by atoms with E-state index >= 15 is 0 Å². The van der Waals surface area contributed by atoms with Crippen LogP contribution in [0.5, 0.6) is 0 Å². The van der Waals surface area contributed by atoms with Crippen molar-refractivity contribution in [2.75, 3.05) is 0 Å². The van der Waals surface area contributed by atoms with Crippen LogP contribution in [-0.4, -0.2) is 4.57 Å². The number of rotatable bonds is 5. The van der Waals surface area contributed by atoms with Crippen LogP contribution < -0.4 is 0 Å². The van der Waals surface area contributed by atoms with Crippen LogP contribution in [0.2, 0.25) is 0 Å². The zero-order chi connectivity index (χ0) is 40.9. The Morgan fingerprint density at radius 1 is 0.328 bits per heavy atom. The van der Waals surface area contributed by atoms with Crippen LogP contribution in [0.4, 0.5) is 0 Å². The molecule has 0 radical (unpaired) electrons. The van der Waals surface area contributed by atoms with Gasteiger partial charge in [0.05, 0.1) is 21.9 Å². The normalized spacial score (nSPS) is 14.4. The van der Waals surface area contributed by atoms with Gasteiger partial charge in [0.1, 0.15) is 0 Å². The molecule has 9 aromatic carbocycles. The second-order valence-corrected chi connectivity index (χ2v) is 18.0. The third kappa shape index (κ3) is 4.89. The van der Waals surface area contributed by atoms with E-state index < -0.39 is 10.8 Å². The number of hydrogen-bond donors (Lipinski definition) is 0. The van der Waals surface area contributed by atoms with Crippen LogP contribution in [0.3, 0.4) is 0 Å². The molecule has 2 aliphatic rings. The molecule has 0 atom stereocenters. The Morgan fingerprint density at radius 3 is 1.03 bits per heavy atom. The molecule has 0 saturated carbocycles. The molecule has 0 aliphatic heterocycles. The topological polar surface area (TPSA) is 4.93 Å². The first kappa shape index (κ1) is 35.7. The number of hydrogen-bond acceptors (Lipinski definition) is 0. The van der Waals surface area contributed by atoms with Gasteiger partial charge in [0.25, 0.3) is 0 Å². The van der Waals surface area contributed by atoms with Gasteiger partial charge in [-0.3, -0.25) is 0 Å². The van der Waals surface area contributed by atoms with Gasteiger partial charge in [-0.05, 0) is 114 Å². The second-order valence-electron chi connectivity index (χ2n) is 18.0. The van der Waals surface area contributed by atoms with E-state index in [-0.39, 0.29) is 5.41 Å². The molecular formula is C60H45N. The van der Waals surface area contributed by atoms with Crippen molar-refractivity contribution in [3.05, 3.63) is 268 Å². The van der Waals surface area contributed by atoms with Gasteiger partial charge in [0.2, 0.25) is 0 Å². The van der Waals surface area contributed by atoms with Crippen molar-refractivity contribution in [2.45, 2.75) is 37.0 Å². The lowest BCUT2D eigenvalue weighted by atomic mass is 9.67. The molecule has 0 fully saturated rings. The molecular weight excluding hydrogens is 735 g/mol. The summed E-state index contributed by atoms with van der Waals surface area (Å²) in [4.78, 5) is 0. The Labute approximate surface area is 358 Å². The molecule has 0 unspecified atom stereocenters. The van der Waals surface area contributed by atoms with Gasteiger partial charge in [0, 0.05) is 16.5 Å². The van der Waals surface area contributed by atoms with E-state index in [9.17, 15) is 0 Å². The average molecular weight is 780 g/mol. The maximum atomic E-state index is 2.53. The van der Waals surface area contributed by atoms with Crippen LogP contribution in [0.15, 0.2) is 218 Å². The van der Waals surface area contributed by atoms with Gasteiger partial charge < -0.3 is 4.57 Å². The van der Waals surface area contributed by atoms with E-state index in [2.05, 4.69) is 244 Å². The minimum absolute atomic E-state index is 0.0579. The molecule has 0 saturated heterocycles. The van der Waals surface area contributed by atoms with Crippen molar-refractivity contribution >= 4 is 21.8 Å². The molecule has 61 heavy (non-hydrogen) atoms.